The number of anilines is 2. The molecule has 0 aliphatic carbocycles. The third-order valence-electron chi connectivity index (χ3n) is 2.95. The summed E-state index contributed by atoms with van der Waals surface area (Å²) in [7, 11) is 1.52. The van der Waals surface area contributed by atoms with Crippen LogP contribution in [0.5, 0.6) is 5.75 Å². The lowest BCUT2D eigenvalue weighted by Gasteiger charge is -2.09. The van der Waals surface area contributed by atoms with Gasteiger partial charge < -0.3 is 15.8 Å². The number of nitrogens with two attached hydrogens (primary N) is 1. The minimum absolute atomic E-state index is 0.235. The quantitative estimate of drug-likeness (QED) is 0.851. The number of rotatable bonds is 3. The molecule has 1 amide bonds. The van der Waals surface area contributed by atoms with Gasteiger partial charge in [0, 0.05) is 23.0 Å². The average molecular weight is 291 g/mol. The number of ether oxygens (including phenoxy) is 1. The van der Waals surface area contributed by atoms with Gasteiger partial charge in [-0.2, -0.15) is 0 Å². The highest BCUT2D eigenvalue weighted by atomic mass is 35.5. The van der Waals surface area contributed by atoms with Crippen molar-refractivity contribution in [3.05, 3.63) is 52.5 Å². The normalized spacial score (nSPS) is 10.2. The molecule has 0 aromatic heterocycles. The van der Waals surface area contributed by atoms with Gasteiger partial charge in [-0.3, -0.25) is 4.79 Å². The predicted octanol–water partition coefficient (Wildman–Crippen LogP) is 3.49. The van der Waals surface area contributed by atoms with Crippen LogP contribution >= 0.6 is 11.6 Å². The molecule has 0 heterocycles. The van der Waals surface area contributed by atoms with Gasteiger partial charge >= 0.3 is 0 Å². The number of carbonyl (C=O) groups excluding carboxylic acids is 1. The highest BCUT2D eigenvalue weighted by Gasteiger charge is 2.09. The van der Waals surface area contributed by atoms with E-state index < -0.39 is 0 Å². The van der Waals surface area contributed by atoms with Gasteiger partial charge in [0.1, 0.15) is 5.75 Å². The molecule has 0 bridgehead atoms. The topological polar surface area (TPSA) is 64.3 Å². The fourth-order valence-electron chi connectivity index (χ4n) is 1.72. The molecule has 0 aliphatic heterocycles. The van der Waals surface area contributed by atoms with Crippen LogP contribution in [0.25, 0.3) is 0 Å². The van der Waals surface area contributed by atoms with Gasteiger partial charge in [0.15, 0.2) is 0 Å². The molecule has 4 nitrogen and oxygen atoms in total. The van der Waals surface area contributed by atoms with Crippen LogP contribution in [0.3, 0.4) is 0 Å². The fourth-order valence-corrected chi connectivity index (χ4v) is 1.92. The maximum atomic E-state index is 12.1. The summed E-state index contributed by atoms with van der Waals surface area (Å²) in [5.74, 6) is 0.272. The largest absolute Gasteiger partial charge is 0.495 e. The van der Waals surface area contributed by atoms with E-state index in [2.05, 4.69) is 5.32 Å². The van der Waals surface area contributed by atoms with Gasteiger partial charge in [0.05, 0.1) is 12.1 Å². The number of methoxy groups -OCH3 is 1. The lowest BCUT2D eigenvalue weighted by Crippen LogP contribution is -2.12. The highest BCUT2D eigenvalue weighted by Crippen LogP contribution is 2.27. The Morgan fingerprint density at radius 2 is 2.00 bits per heavy atom. The molecule has 20 heavy (non-hydrogen) atoms. The Bertz CT molecular complexity index is 656. The van der Waals surface area contributed by atoms with E-state index >= 15 is 0 Å². The van der Waals surface area contributed by atoms with Crippen LogP contribution in [-0.2, 0) is 0 Å². The zero-order valence-electron chi connectivity index (χ0n) is 11.2. The van der Waals surface area contributed by atoms with Crippen LogP contribution in [0.1, 0.15) is 15.9 Å². The van der Waals surface area contributed by atoms with Gasteiger partial charge in [-0.15, -0.1) is 0 Å². The van der Waals surface area contributed by atoms with E-state index in [0.29, 0.717) is 27.7 Å². The third-order valence-corrected chi connectivity index (χ3v) is 3.26. The number of halogens is 1. The second-order valence-corrected chi connectivity index (χ2v) is 4.78. The van der Waals surface area contributed by atoms with Gasteiger partial charge in [-0.1, -0.05) is 17.7 Å². The average Bonchev–Trinajstić information content (AvgIpc) is 2.43. The first-order valence-electron chi connectivity index (χ1n) is 6.02. The Morgan fingerprint density at radius 1 is 1.25 bits per heavy atom. The summed E-state index contributed by atoms with van der Waals surface area (Å²) < 4.78 is 5.10. The molecule has 0 saturated heterocycles. The molecular formula is C15H15ClN2O2. The second-order valence-electron chi connectivity index (χ2n) is 4.37. The Balaban J connectivity index is 2.21. The van der Waals surface area contributed by atoms with Crippen molar-refractivity contribution in [1.82, 2.24) is 0 Å². The van der Waals surface area contributed by atoms with Crippen LogP contribution < -0.4 is 15.8 Å². The molecule has 5 heteroatoms. The molecule has 0 aliphatic rings. The van der Waals surface area contributed by atoms with E-state index in [-0.39, 0.29) is 5.91 Å². The van der Waals surface area contributed by atoms with Gasteiger partial charge in [0.2, 0.25) is 0 Å². The van der Waals surface area contributed by atoms with Crippen molar-refractivity contribution in [2.75, 3.05) is 18.2 Å². The third kappa shape index (κ3) is 3.03. The number of aryl methyl sites for hydroxylation is 1. The lowest BCUT2D eigenvalue weighted by molar-refractivity contribution is 0.102. The number of amides is 1. The number of benzene rings is 2. The minimum atomic E-state index is -0.235. The monoisotopic (exact) mass is 290 g/mol. The number of carbonyl (C=O) groups is 1. The Hall–Kier alpha value is -2.20. The van der Waals surface area contributed by atoms with Crippen molar-refractivity contribution in [3.8, 4) is 5.75 Å². The van der Waals surface area contributed by atoms with E-state index in [4.69, 9.17) is 22.1 Å². The molecule has 2 aromatic carbocycles. The van der Waals surface area contributed by atoms with Crippen molar-refractivity contribution in [3.63, 3.8) is 0 Å². The first-order chi connectivity index (χ1) is 9.51. The smallest absolute Gasteiger partial charge is 0.255 e. The van der Waals surface area contributed by atoms with Crippen molar-refractivity contribution in [1.29, 1.82) is 0 Å². The Labute approximate surface area is 122 Å². The Morgan fingerprint density at radius 3 is 2.65 bits per heavy atom. The SMILES string of the molecule is COc1cc(NC(=O)c2ccc(C)c(N)c2)ccc1Cl. The van der Waals surface area contributed by atoms with Crippen LogP contribution in [0, 0.1) is 6.92 Å². The van der Waals surface area contributed by atoms with E-state index in [1.54, 1.807) is 30.3 Å². The Kier molecular flexibility index (Phi) is 4.15. The van der Waals surface area contributed by atoms with E-state index in [9.17, 15) is 4.79 Å². The molecule has 0 fully saturated rings. The summed E-state index contributed by atoms with van der Waals surface area (Å²) in [6, 6.07) is 10.2. The molecular weight excluding hydrogens is 276 g/mol. The molecule has 0 saturated carbocycles. The van der Waals surface area contributed by atoms with Gasteiger partial charge in [0.25, 0.3) is 5.91 Å². The van der Waals surface area contributed by atoms with Crippen LogP contribution in [0.15, 0.2) is 36.4 Å². The summed E-state index contributed by atoms with van der Waals surface area (Å²) in [5.41, 5.74) is 8.44. The lowest BCUT2D eigenvalue weighted by atomic mass is 10.1. The number of hydrogen-bond acceptors (Lipinski definition) is 3. The van der Waals surface area contributed by atoms with Crippen LogP contribution in [0.2, 0.25) is 5.02 Å². The summed E-state index contributed by atoms with van der Waals surface area (Å²) >= 11 is 5.93. The second kappa shape index (κ2) is 5.84. The summed E-state index contributed by atoms with van der Waals surface area (Å²) in [6.07, 6.45) is 0. The van der Waals surface area contributed by atoms with Crippen molar-refractivity contribution < 1.29 is 9.53 Å². The van der Waals surface area contributed by atoms with Crippen LogP contribution in [0.4, 0.5) is 11.4 Å². The van der Waals surface area contributed by atoms with E-state index in [1.807, 2.05) is 13.0 Å². The first-order valence-corrected chi connectivity index (χ1v) is 6.40. The molecule has 104 valence electrons. The molecule has 0 spiro atoms. The summed E-state index contributed by atoms with van der Waals surface area (Å²) in [5, 5.41) is 3.26. The van der Waals surface area contributed by atoms with Crippen molar-refractivity contribution >= 4 is 28.9 Å². The highest BCUT2D eigenvalue weighted by molar-refractivity contribution is 6.32. The summed E-state index contributed by atoms with van der Waals surface area (Å²) in [6.45, 7) is 1.89. The number of nitrogen functional groups attached to an aromatic ring is 1. The zero-order chi connectivity index (χ0) is 14.7. The van der Waals surface area contributed by atoms with Crippen molar-refractivity contribution in [2.45, 2.75) is 6.92 Å². The van der Waals surface area contributed by atoms with Gasteiger partial charge in [-0.05, 0) is 36.8 Å². The standard InChI is InChI=1S/C15H15ClN2O2/c1-9-3-4-10(7-13(9)17)15(19)18-11-5-6-12(16)14(8-11)20-2/h3-8H,17H2,1-2H3,(H,18,19). The molecule has 0 atom stereocenters. The summed E-state index contributed by atoms with van der Waals surface area (Å²) in [4.78, 5) is 12.1. The predicted molar refractivity (Wildman–Crippen MR) is 81.5 cm³/mol. The van der Waals surface area contributed by atoms with E-state index in [0.717, 1.165) is 5.56 Å². The van der Waals surface area contributed by atoms with Crippen molar-refractivity contribution in [2.24, 2.45) is 0 Å². The number of nitrogens with one attached hydrogen (secondary N) is 1. The maximum Gasteiger partial charge on any atom is 0.255 e. The van der Waals surface area contributed by atoms with E-state index in [1.165, 1.54) is 7.11 Å². The number of hydrogen-bond donors (Lipinski definition) is 2. The van der Waals surface area contributed by atoms with Gasteiger partial charge in [-0.25, -0.2) is 0 Å². The maximum absolute atomic E-state index is 12.1. The first kappa shape index (κ1) is 14.2. The molecule has 2 aromatic rings. The molecule has 0 unspecified atom stereocenters. The van der Waals surface area contributed by atoms with Crippen LogP contribution in [-0.4, -0.2) is 13.0 Å². The fraction of sp³-hybridized carbons (Fsp3) is 0.133. The minimum Gasteiger partial charge on any atom is -0.495 e. The molecule has 0 radical (unpaired) electrons. The molecule has 3 N–H and O–H groups in total. The molecule has 2 rings (SSSR count). The zero-order valence-corrected chi connectivity index (χ0v) is 12.0.